The van der Waals surface area contributed by atoms with Gasteiger partial charge in [0.05, 0.1) is 52.4 Å². The van der Waals surface area contributed by atoms with Crippen LogP contribution in [0.25, 0.3) is 10.9 Å². The van der Waals surface area contributed by atoms with E-state index in [9.17, 15) is 14.7 Å². The molecule has 0 bridgehead atoms. The normalized spacial score (nSPS) is 21.4. The first-order valence-corrected chi connectivity index (χ1v) is 14.3. The van der Waals surface area contributed by atoms with E-state index in [0.717, 1.165) is 18.5 Å². The Hall–Kier alpha value is -4.02. The van der Waals surface area contributed by atoms with Crippen molar-refractivity contribution in [1.82, 2.24) is 9.78 Å². The van der Waals surface area contributed by atoms with Gasteiger partial charge in [-0.25, -0.2) is 13.9 Å². The molecule has 1 aliphatic carbocycles. The second-order valence-electron chi connectivity index (χ2n) is 10.9. The Labute approximate surface area is 249 Å². The fraction of sp³-hybridized carbons (Fsp3) is 0.300. The number of hydrogen-bond acceptors (Lipinski definition) is 6. The quantitative estimate of drug-likeness (QED) is 0.279. The molecule has 3 heterocycles. The molecular weight excluding hydrogens is 586 g/mol. The van der Waals surface area contributed by atoms with Gasteiger partial charge in [-0.2, -0.15) is 5.10 Å². The van der Waals surface area contributed by atoms with E-state index in [1.165, 1.54) is 19.2 Å². The van der Waals surface area contributed by atoms with Crippen LogP contribution in [0.3, 0.4) is 0 Å². The Bertz CT molecular complexity index is 1770. The highest BCUT2D eigenvalue weighted by Crippen LogP contribution is 2.49. The van der Waals surface area contributed by atoms with Crippen molar-refractivity contribution < 1.29 is 28.6 Å². The molecule has 0 unspecified atom stereocenters. The molecule has 3 aromatic carbocycles. The molecule has 3 aliphatic rings. The highest BCUT2D eigenvalue weighted by Gasteiger charge is 2.48. The first-order chi connectivity index (χ1) is 20.2. The van der Waals surface area contributed by atoms with Gasteiger partial charge in [0, 0.05) is 17.1 Å². The maximum Gasteiger partial charge on any atom is 0.339 e. The van der Waals surface area contributed by atoms with Crippen molar-refractivity contribution in [3.05, 3.63) is 75.5 Å². The molecule has 42 heavy (non-hydrogen) atoms. The zero-order valence-corrected chi connectivity index (χ0v) is 23.8. The molecule has 2 aliphatic heterocycles. The van der Waals surface area contributed by atoms with Crippen LogP contribution >= 0.6 is 23.2 Å². The summed E-state index contributed by atoms with van der Waals surface area (Å²) in [5.41, 5.74) is 1.69. The number of amides is 1. The molecule has 0 spiro atoms. The van der Waals surface area contributed by atoms with E-state index in [4.69, 9.17) is 37.8 Å². The average Bonchev–Trinajstić information content (AvgIpc) is 3.71. The highest BCUT2D eigenvalue weighted by molar-refractivity contribution is 6.31. The lowest BCUT2D eigenvalue weighted by molar-refractivity contribution is -0.119. The summed E-state index contributed by atoms with van der Waals surface area (Å²) in [5, 5.41) is 18.4. The van der Waals surface area contributed by atoms with Gasteiger partial charge in [0.15, 0.2) is 0 Å². The fourth-order valence-electron chi connectivity index (χ4n) is 6.15. The van der Waals surface area contributed by atoms with Crippen LogP contribution in [0.1, 0.15) is 40.7 Å². The first-order valence-electron chi connectivity index (χ1n) is 13.5. The molecule has 1 saturated carbocycles. The number of rotatable bonds is 5. The van der Waals surface area contributed by atoms with Gasteiger partial charge in [0.2, 0.25) is 11.8 Å². The third-order valence-electron chi connectivity index (χ3n) is 8.29. The number of carboxylic acid groups (broad SMARTS) is 1. The number of halogens is 3. The van der Waals surface area contributed by atoms with Gasteiger partial charge >= 0.3 is 5.97 Å². The van der Waals surface area contributed by atoms with Crippen LogP contribution in [-0.2, 0) is 4.79 Å². The summed E-state index contributed by atoms with van der Waals surface area (Å²) in [7, 11) is 1.39. The molecular formula is C30H25Cl2FN4O5. The lowest BCUT2D eigenvalue weighted by atomic mass is 9.83. The number of anilines is 2. The van der Waals surface area contributed by atoms with E-state index in [1.54, 1.807) is 35.0 Å². The number of nitrogens with zero attached hydrogens (tertiary/aromatic N) is 3. The minimum atomic E-state index is -1.17. The predicted molar refractivity (Wildman–Crippen MR) is 156 cm³/mol. The van der Waals surface area contributed by atoms with Crippen molar-refractivity contribution in [2.75, 3.05) is 30.5 Å². The third-order valence-corrected chi connectivity index (χ3v) is 8.82. The number of carbonyl (C=O) groups excluding carboxylic acids is 1. The number of nitrogens with one attached hydrogen (secondary N) is 1. The fourth-order valence-corrected chi connectivity index (χ4v) is 6.51. The van der Waals surface area contributed by atoms with Crippen LogP contribution in [0.4, 0.5) is 15.8 Å². The molecule has 2 N–H and O–H groups in total. The second kappa shape index (κ2) is 10.1. The number of ether oxygens (including phenoxy) is 2. The van der Waals surface area contributed by atoms with Crippen LogP contribution in [0.15, 0.2) is 48.5 Å². The molecule has 1 aromatic heterocycles. The maximum absolute atomic E-state index is 15.8. The smallest absolute Gasteiger partial charge is 0.339 e. The molecule has 9 nitrogen and oxygen atoms in total. The molecule has 216 valence electrons. The van der Waals surface area contributed by atoms with E-state index in [-0.39, 0.29) is 28.5 Å². The highest BCUT2D eigenvalue weighted by atomic mass is 35.5. The van der Waals surface area contributed by atoms with E-state index in [1.807, 2.05) is 6.07 Å². The molecule has 1 fully saturated rings. The number of fused-ring (bicyclic) bond motifs is 6. The van der Waals surface area contributed by atoms with E-state index >= 15 is 4.39 Å². The van der Waals surface area contributed by atoms with Crippen molar-refractivity contribution in [3.63, 3.8) is 0 Å². The Morgan fingerprint density at radius 3 is 2.76 bits per heavy atom. The minimum Gasteiger partial charge on any atom is -0.496 e. The Morgan fingerprint density at radius 1 is 1.21 bits per heavy atom. The number of benzene rings is 3. The summed E-state index contributed by atoms with van der Waals surface area (Å²) < 4.78 is 29.1. The molecule has 3 atom stereocenters. The Kier molecular flexibility index (Phi) is 6.43. The summed E-state index contributed by atoms with van der Waals surface area (Å²) in [6, 6.07) is 11.7. The lowest BCUT2D eigenvalue weighted by Gasteiger charge is -2.46. The number of aromatic nitrogens is 2. The molecule has 12 heteroatoms. The number of carbonyl (C=O) groups is 2. The minimum absolute atomic E-state index is 0.0639. The van der Waals surface area contributed by atoms with Crippen LogP contribution in [0, 0.1) is 11.7 Å². The van der Waals surface area contributed by atoms with Crippen molar-refractivity contribution in [1.29, 1.82) is 0 Å². The van der Waals surface area contributed by atoms with E-state index in [2.05, 4.69) is 10.2 Å². The summed E-state index contributed by atoms with van der Waals surface area (Å²) in [4.78, 5) is 28.4. The third kappa shape index (κ3) is 4.32. The van der Waals surface area contributed by atoms with Gasteiger partial charge in [0.1, 0.15) is 23.7 Å². The van der Waals surface area contributed by atoms with Crippen molar-refractivity contribution in [3.8, 4) is 11.6 Å². The number of carboxylic acids is 1. The zero-order chi connectivity index (χ0) is 29.3. The SMILES string of the molecule is COc1cc2c3n(nc2cc1C(=O)O)[C@@H]1[C@@H](c2cccc(Cl)c2F)C(=O)Nc2cc(Cl)ccc2N(CC2CC2)[C@@H]1CO3. The van der Waals surface area contributed by atoms with Crippen LogP contribution < -0.4 is 19.7 Å². The number of hydrogen-bond donors (Lipinski definition) is 2. The predicted octanol–water partition coefficient (Wildman–Crippen LogP) is 6.14. The Balaban J connectivity index is 1.49. The topological polar surface area (TPSA) is 106 Å². The number of methoxy groups -OCH3 is 1. The number of aromatic carboxylic acids is 1. The zero-order valence-electron chi connectivity index (χ0n) is 22.3. The van der Waals surface area contributed by atoms with Crippen molar-refractivity contribution >= 4 is 57.4 Å². The summed E-state index contributed by atoms with van der Waals surface area (Å²) in [6.07, 6.45) is 2.15. The molecule has 4 aromatic rings. The molecule has 0 saturated heterocycles. The van der Waals surface area contributed by atoms with Gasteiger partial charge in [-0.3, -0.25) is 4.79 Å². The van der Waals surface area contributed by atoms with Crippen molar-refractivity contribution in [2.24, 2.45) is 5.92 Å². The van der Waals surface area contributed by atoms with Crippen LogP contribution in [0.5, 0.6) is 11.6 Å². The largest absolute Gasteiger partial charge is 0.496 e. The van der Waals surface area contributed by atoms with Crippen LogP contribution in [-0.4, -0.2) is 53.1 Å². The van der Waals surface area contributed by atoms with Gasteiger partial charge in [0.25, 0.3) is 0 Å². The second-order valence-corrected chi connectivity index (χ2v) is 11.7. The maximum atomic E-state index is 15.8. The molecule has 7 rings (SSSR count). The van der Waals surface area contributed by atoms with Gasteiger partial charge in [-0.1, -0.05) is 35.3 Å². The molecule has 1 amide bonds. The lowest BCUT2D eigenvalue weighted by Crippen LogP contribution is -2.54. The Morgan fingerprint density at radius 2 is 2.02 bits per heavy atom. The van der Waals surface area contributed by atoms with Gasteiger partial charge in [-0.05, 0) is 55.2 Å². The van der Waals surface area contributed by atoms with Crippen molar-refractivity contribution in [2.45, 2.75) is 30.8 Å². The standard InChI is InChI=1S/C30H25Cl2FN4O5/c1-41-24-11-17-20(10-18(24)30(39)40)35-37-27-23(13-42-29(17)37)36(12-14-5-6-14)22-8-7-15(31)9-21(22)34-28(38)25(27)16-3-2-4-19(32)26(16)33/h2-4,7-11,14,23,25,27H,5-6,12-13H2,1H3,(H,34,38)(H,39,40)/t23-,25-,27+/m1/s1. The average molecular weight is 611 g/mol. The monoisotopic (exact) mass is 610 g/mol. The van der Waals surface area contributed by atoms with Crippen LogP contribution in [0.2, 0.25) is 10.0 Å². The first kappa shape index (κ1) is 26.9. The summed E-state index contributed by atoms with van der Waals surface area (Å²) in [6.45, 7) is 0.849. The van der Waals surface area contributed by atoms with Gasteiger partial charge in [-0.15, -0.1) is 0 Å². The summed E-state index contributed by atoms with van der Waals surface area (Å²) in [5.74, 6) is -2.48. The summed E-state index contributed by atoms with van der Waals surface area (Å²) >= 11 is 12.6. The van der Waals surface area contributed by atoms with E-state index in [0.29, 0.717) is 40.0 Å². The molecule has 0 radical (unpaired) electrons. The van der Waals surface area contributed by atoms with Gasteiger partial charge < -0.3 is 24.8 Å². The van der Waals surface area contributed by atoms with E-state index < -0.39 is 35.7 Å².